The summed E-state index contributed by atoms with van der Waals surface area (Å²) in [7, 11) is 0. The van der Waals surface area contributed by atoms with Crippen LogP contribution in [-0.4, -0.2) is 20.4 Å². The maximum atomic E-state index is 12.0. The maximum Gasteiger partial charge on any atom is 0.223 e. The van der Waals surface area contributed by atoms with Gasteiger partial charge in [0.1, 0.15) is 0 Å². The van der Waals surface area contributed by atoms with Gasteiger partial charge in [-0.3, -0.25) is 4.79 Å². The molecule has 1 unspecified atom stereocenters. The van der Waals surface area contributed by atoms with Crippen LogP contribution in [0.5, 0.6) is 0 Å². The first-order valence-electron chi connectivity index (χ1n) is 5.65. The molecule has 0 aromatic rings. The molecular formula is C12H22INO. The van der Waals surface area contributed by atoms with Crippen molar-refractivity contribution in [3.8, 4) is 0 Å². The lowest BCUT2D eigenvalue weighted by molar-refractivity contribution is -0.142. The smallest absolute Gasteiger partial charge is 0.223 e. The van der Waals surface area contributed by atoms with Crippen molar-refractivity contribution in [1.29, 1.82) is 0 Å². The molecule has 1 saturated heterocycles. The summed E-state index contributed by atoms with van der Waals surface area (Å²) in [5.41, 5.74) is 0.179. The van der Waals surface area contributed by atoms with E-state index in [4.69, 9.17) is 0 Å². The van der Waals surface area contributed by atoms with Gasteiger partial charge in [0, 0.05) is 12.5 Å². The monoisotopic (exact) mass is 323 g/mol. The standard InChI is InChI=1S/C12H22INO/c1-11(2,3)9-7-6-8-10(15)14(9)12(4,5)13/h9H,6-8H2,1-5H3. The zero-order chi connectivity index (χ0) is 11.9. The van der Waals surface area contributed by atoms with Gasteiger partial charge in [-0.15, -0.1) is 0 Å². The number of halogens is 1. The molecule has 1 atom stereocenters. The molecule has 2 nitrogen and oxygen atoms in total. The number of carbonyl (C=O) groups is 1. The Kier molecular flexibility index (Phi) is 3.74. The van der Waals surface area contributed by atoms with Crippen LogP contribution in [0.25, 0.3) is 0 Å². The van der Waals surface area contributed by atoms with E-state index in [9.17, 15) is 4.79 Å². The second-order valence-corrected chi connectivity index (χ2v) is 8.59. The largest absolute Gasteiger partial charge is 0.325 e. The van der Waals surface area contributed by atoms with E-state index in [1.165, 1.54) is 0 Å². The van der Waals surface area contributed by atoms with E-state index in [1.807, 2.05) is 0 Å². The molecule has 1 heterocycles. The number of amides is 1. The molecule has 0 radical (unpaired) electrons. The van der Waals surface area contributed by atoms with Gasteiger partial charge < -0.3 is 4.90 Å². The van der Waals surface area contributed by atoms with Gasteiger partial charge in [0.2, 0.25) is 5.91 Å². The molecule has 3 heteroatoms. The van der Waals surface area contributed by atoms with E-state index in [2.05, 4.69) is 62.1 Å². The van der Waals surface area contributed by atoms with Crippen molar-refractivity contribution in [1.82, 2.24) is 4.90 Å². The zero-order valence-electron chi connectivity index (χ0n) is 10.4. The van der Waals surface area contributed by atoms with Gasteiger partial charge in [-0.2, -0.15) is 0 Å². The topological polar surface area (TPSA) is 20.3 Å². The van der Waals surface area contributed by atoms with Gasteiger partial charge in [0.15, 0.2) is 0 Å². The fourth-order valence-corrected chi connectivity index (χ4v) is 2.96. The Hall–Kier alpha value is 0.200. The minimum atomic E-state index is -0.0762. The molecule has 0 bridgehead atoms. The lowest BCUT2D eigenvalue weighted by Crippen LogP contribution is -2.56. The number of rotatable bonds is 1. The highest BCUT2D eigenvalue weighted by Crippen LogP contribution is 2.39. The summed E-state index contributed by atoms with van der Waals surface area (Å²) in [5.74, 6) is 0.320. The molecule has 15 heavy (non-hydrogen) atoms. The predicted molar refractivity (Wildman–Crippen MR) is 72.0 cm³/mol. The Labute approximate surface area is 107 Å². The van der Waals surface area contributed by atoms with Crippen molar-refractivity contribution < 1.29 is 4.79 Å². The third-order valence-corrected chi connectivity index (χ3v) is 3.54. The van der Waals surface area contributed by atoms with E-state index in [1.54, 1.807) is 0 Å². The van der Waals surface area contributed by atoms with Gasteiger partial charge in [0.25, 0.3) is 0 Å². The molecule has 1 rings (SSSR count). The van der Waals surface area contributed by atoms with E-state index >= 15 is 0 Å². The molecule has 0 aliphatic carbocycles. The average Bonchev–Trinajstić information content (AvgIpc) is 1.99. The van der Waals surface area contributed by atoms with Crippen LogP contribution in [-0.2, 0) is 4.79 Å². The third kappa shape index (κ3) is 3.08. The Bertz CT molecular complexity index is 249. The Morgan fingerprint density at radius 2 is 1.80 bits per heavy atom. The highest BCUT2D eigenvalue weighted by atomic mass is 127. The fourth-order valence-electron chi connectivity index (χ4n) is 2.36. The zero-order valence-corrected chi connectivity index (χ0v) is 12.6. The summed E-state index contributed by atoms with van der Waals surface area (Å²) in [4.78, 5) is 14.1. The van der Waals surface area contributed by atoms with Crippen LogP contribution in [0.2, 0.25) is 0 Å². The average molecular weight is 323 g/mol. The summed E-state index contributed by atoms with van der Waals surface area (Å²) >= 11 is 2.37. The van der Waals surface area contributed by atoms with Crippen LogP contribution in [0.1, 0.15) is 53.9 Å². The third-order valence-electron chi connectivity index (χ3n) is 3.02. The maximum absolute atomic E-state index is 12.0. The van der Waals surface area contributed by atoms with Gasteiger partial charge in [0.05, 0.1) is 3.55 Å². The van der Waals surface area contributed by atoms with Gasteiger partial charge in [-0.25, -0.2) is 0 Å². The molecule has 0 N–H and O–H groups in total. The number of carbonyl (C=O) groups excluding carboxylic acids is 1. The minimum absolute atomic E-state index is 0.0762. The van der Waals surface area contributed by atoms with Gasteiger partial charge in [-0.1, -0.05) is 43.4 Å². The van der Waals surface area contributed by atoms with Crippen molar-refractivity contribution in [3.63, 3.8) is 0 Å². The molecule has 1 aliphatic heterocycles. The number of hydrogen-bond donors (Lipinski definition) is 0. The Morgan fingerprint density at radius 1 is 1.27 bits per heavy atom. The first kappa shape index (κ1) is 13.3. The Morgan fingerprint density at radius 3 is 2.13 bits per heavy atom. The van der Waals surface area contributed by atoms with Crippen LogP contribution in [0.15, 0.2) is 0 Å². The molecule has 1 fully saturated rings. The second kappa shape index (κ2) is 4.22. The lowest BCUT2D eigenvalue weighted by atomic mass is 9.80. The van der Waals surface area contributed by atoms with Crippen LogP contribution in [0.3, 0.4) is 0 Å². The van der Waals surface area contributed by atoms with E-state index in [0.29, 0.717) is 11.9 Å². The minimum Gasteiger partial charge on any atom is -0.325 e. The lowest BCUT2D eigenvalue weighted by Gasteiger charge is -2.49. The van der Waals surface area contributed by atoms with Crippen LogP contribution in [0.4, 0.5) is 0 Å². The van der Waals surface area contributed by atoms with Crippen molar-refractivity contribution in [2.75, 3.05) is 0 Å². The fraction of sp³-hybridized carbons (Fsp3) is 0.917. The summed E-state index contributed by atoms with van der Waals surface area (Å²) in [6.45, 7) is 10.9. The molecule has 88 valence electrons. The van der Waals surface area contributed by atoms with Crippen molar-refractivity contribution in [2.24, 2.45) is 5.41 Å². The molecule has 0 aromatic heterocycles. The first-order valence-corrected chi connectivity index (χ1v) is 6.73. The molecule has 0 saturated carbocycles. The molecule has 1 amide bonds. The van der Waals surface area contributed by atoms with Crippen LogP contribution < -0.4 is 0 Å². The summed E-state index contributed by atoms with van der Waals surface area (Å²) in [6, 6.07) is 0.380. The highest BCUT2D eigenvalue weighted by molar-refractivity contribution is 14.1. The number of likely N-dealkylation sites (tertiary alicyclic amines) is 1. The number of hydrogen-bond acceptors (Lipinski definition) is 1. The normalized spacial score (nSPS) is 24.5. The van der Waals surface area contributed by atoms with Crippen molar-refractivity contribution in [3.05, 3.63) is 0 Å². The SMILES string of the molecule is CC(C)(C)C1CCCC(=O)N1C(C)(C)I. The number of nitrogens with zero attached hydrogens (tertiary/aromatic N) is 1. The first-order chi connectivity index (χ1) is 6.64. The number of piperidine rings is 1. The summed E-state index contributed by atoms with van der Waals surface area (Å²) < 4.78 is -0.0762. The van der Waals surface area contributed by atoms with E-state index in [-0.39, 0.29) is 8.96 Å². The molecular weight excluding hydrogens is 301 g/mol. The molecule has 1 aliphatic rings. The van der Waals surface area contributed by atoms with E-state index < -0.39 is 0 Å². The number of alkyl halides is 1. The molecule has 0 spiro atoms. The van der Waals surface area contributed by atoms with Crippen LogP contribution >= 0.6 is 22.6 Å². The van der Waals surface area contributed by atoms with Gasteiger partial charge in [-0.05, 0) is 32.1 Å². The predicted octanol–water partition coefficient (Wildman–Crippen LogP) is 3.58. The van der Waals surface area contributed by atoms with Crippen molar-refractivity contribution in [2.45, 2.75) is 63.5 Å². The summed E-state index contributed by atoms with van der Waals surface area (Å²) in [5, 5.41) is 0. The second-order valence-electron chi connectivity index (χ2n) is 5.95. The summed E-state index contributed by atoms with van der Waals surface area (Å²) in [6.07, 6.45) is 2.91. The highest BCUT2D eigenvalue weighted by Gasteiger charge is 2.41. The Balaban J connectivity index is 2.98. The van der Waals surface area contributed by atoms with E-state index in [0.717, 1.165) is 19.3 Å². The molecule has 0 aromatic carbocycles. The van der Waals surface area contributed by atoms with Crippen molar-refractivity contribution >= 4 is 28.5 Å². The quantitative estimate of drug-likeness (QED) is 0.410. The van der Waals surface area contributed by atoms with Gasteiger partial charge >= 0.3 is 0 Å². The van der Waals surface area contributed by atoms with Crippen LogP contribution in [0, 0.1) is 5.41 Å².